The van der Waals surface area contributed by atoms with E-state index in [4.69, 9.17) is 9.47 Å². The third kappa shape index (κ3) is 2.37. The van der Waals surface area contributed by atoms with Crippen molar-refractivity contribution in [3.05, 3.63) is 42.0 Å². The van der Waals surface area contributed by atoms with Gasteiger partial charge in [0.25, 0.3) is 0 Å². The van der Waals surface area contributed by atoms with Gasteiger partial charge in [0.15, 0.2) is 12.6 Å². The normalized spacial score (nSPS) is 25.9. The lowest BCUT2D eigenvalue weighted by Gasteiger charge is -2.32. The van der Waals surface area contributed by atoms with Gasteiger partial charge in [0.2, 0.25) is 0 Å². The van der Waals surface area contributed by atoms with Crippen LogP contribution in [-0.2, 0) is 9.47 Å². The number of hydrogen-bond acceptors (Lipinski definition) is 3. The molecule has 3 heteroatoms. The van der Waals surface area contributed by atoms with E-state index in [1.54, 1.807) is 0 Å². The molecule has 2 rings (SSSR count). The molecule has 1 aliphatic rings. The fourth-order valence-corrected chi connectivity index (χ4v) is 1.54. The third-order valence-corrected chi connectivity index (χ3v) is 2.31. The first-order valence-corrected chi connectivity index (χ1v) is 5.05. The Morgan fingerprint density at radius 1 is 1.27 bits per heavy atom. The molecule has 0 amide bonds. The van der Waals surface area contributed by atoms with Crippen LogP contribution in [0.5, 0.6) is 0 Å². The smallest absolute Gasteiger partial charge is 0.185 e. The first-order valence-electron chi connectivity index (χ1n) is 5.05. The summed E-state index contributed by atoms with van der Waals surface area (Å²) in [5.74, 6) is 0. The predicted octanol–water partition coefficient (Wildman–Crippen LogP) is 1.97. The van der Waals surface area contributed by atoms with Crippen molar-refractivity contribution in [1.82, 2.24) is 5.32 Å². The predicted molar refractivity (Wildman–Crippen MR) is 58.9 cm³/mol. The van der Waals surface area contributed by atoms with Crippen LogP contribution in [0.2, 0.25) is 0 Å². The molecule has 1 N–H and O–H groups in total. The average Bonchev–Trinajstić information content (AvgIpc) is 2.24. The summed E-state index contributed by atoms with van der Waals surface area (Å²) in [6.07, 6.45) is 1.64. The fraction of sp³-hybridized carbons (Fsp3) is 0.333. The summed E-state index contributed by atoms with van der Waals surface area (Å²) in [5.41, 5.74) is 2.15. The van der Waals surface area contributed by atoms with Crippen LogP contribution < -0.4 is 5.32 Å². The van der Waals surface area contributed by atoms with Gasteiger partial charge >= 0.3 is 0 Å². The van der Waals surface area contributed by atoms with Crippen molar-refractivity contribution in [2.75, 3.05) is 7.05 Å². The summed E-state index contributed by atoms with van der Waals surface area (Å²) in [7, 11) is 1.89. The van der Waals surface area contributed by atoms with E-state index in [0.29, 0.717) is 0 Å². The standard InChI is InChI=1S/C12H15NO2/c1-9-14-12(15-9)8-11(13-2)10-6-4-3-5-7-10/h3-9,12-13H,1-2H3/b11-8-. The molecule has 1 heterocycles. The highest BCUT2D eigenvalue weighted by atomic mass is 16.9. The topological polar surface area (TPSA) is 30.5 Å². The van der Waals surface area contributed by atoms with Gasteiger partial charge in [-0.2, -0.15) is 0 Å². The molecule has 1 saturated heterocycles. The molecule has 1 fully saturated rings. The number of benzene rings is 1. The molecule has 0 atom stereocenters. The summed E-state index contributed by atoms with van der Waals surface area (Å²) in [6, 6.07) is 10.1. The second-order valence-electron chi connectivity index (χ2n) is 3.40. The van der Waals surface area contributed by atoms with Crippen LogP contribution in [0.25, 0.3) is 5.70 Å². The zero-order chi connectivity index (χ0) is 10.7. The van der Waals surface area contributed by atoms with Crippen molar-refractivity contribution < 1.29 is 9.47 Å². The zero-order valence-corrected chi connectivity index (χ0v) is 8.94. The summed E-state index contributed by atoms with van der Waals surface area (Å²) >= 11 is 0. The minimum Gasteiger partial charge on any atom is -0.388 e. The number of ether oxygens (including phenoxy) is 2. The maximum absolute atomic E-state index is 5.35. The molecule has 1 aliphatic heterocycles. The highest BCUT2D eigenvalue weighted by Crippen LogP contribution is 2.20. The Labute approximate surface area is 89.7 Å². The first-order chi connectivity index (χ1) is 7.29. The zero-order valence-electron chi connectivity index (χ0n) is 8.94. The molecule has 15 heavy (non-hydrogen) atoms. The van der Waals surface area contributed by atoms with Crippen molar-refractivity contribution in [2.45, 2.75) is 19.5 Å². The van der Waals surface area contributed by atoms with Gasteiger partial charge in [-0.15, -0.1) is 0 Å². The highest BCUT2D eigenvalue weighted by molar-refractivity contribution is 5.63. The molecular formula is C12H15NO2. The minimum absolute atomic E-state index is 0.0832. The van der Waals surface area contributed by atoms with Crippen molar-refractivity contribution in [3.63, 3.8) is 0 Å². The van der Waals surface area contributed by atoms with E-state index in [9.17, 15) is 0 Å². The molecule has 1 aromatic carbocycles. The molecule has 0 saturated carbocycles. The van der Waals surface area contributed by atoms with Crippen LogP contribution in [0, 0.1) is 0 Å². The van der Waals surface area contributed by atoms with Crippen LogP contribution in [-0.4, -0.2) is 19.6 Å². The average molecular weight is 205 g/mol. The summed E-state index contributed by atoms with van der Waals surface area (Å²) in [6.45, 7) is 1.88. The first kappa shape index (κ1) is 10.2. The van der Waals surface area contributed by atoms with Crippen LogP contribution in [0.4, 0.5) is 0 Å². The Bertz CT molecular complexity index is 342. The molecule has 0 aliphatic carbocycles. The van der Waals surface area contributed by atoms with Gasteiger partial charge in [0, 0.05) is 12.7 Å². The highest BCUT2D eigenvalue weighted by Gasteiger charge is 2.25. The van der Waals surface area contributed by atoms with Gasteiger partial charge in [0.1, 0.15) is 0 Å². The van der Waals surface area contributed by atoms with Gasteiger partial charge in [-0.1, -0.05) is 30.3 Å². The van der Waals surface area contributed by atoms with Crippen molar-refractivity contribution >= 4 is 5.70 Å². The van der Waals surface area contributed by atoms with Crippen molar-refractivity contribution in [3.8, 4) is 0 Å². The Hall–Kier alpha value is -1.32. The van der Waals surface area contributed by atoms with E-state index in [1.807, 2.05) is 50.4 Å². The largest absolute Gasteiger partial charge is 0.388 e. The summed E-state index contributed by atoms with van der Waals surface area (Å²) < 4.78 is 10.7. The second kappa shape index (κ2) is 4.47. The van der Waals surface area contributed by atoms with Crippen molar-refractivity contribution in [2.24, 2.45) is 0 Å². The van der Waals surface area contributed by atoms with E-state index in [-0.39, 0.29) is 12.6 Å². The Kier molecular flexibility index (Phi) is 3.04. The molecule has 0 spiro atoms. The lowest BCUT2D eigenvalue weighted by molar-refractivity contribution is -0.354. The third-order valence-electron chi connectivity index (χ3n) is 2.31. The van der Waals surface area contributed by atoms with Gasteiger partial charge < -0.3 is 14.8 Å². The van der Waals surface area contributed by atoms with Gasteiger partial charge in [-0.25, -0.2) is 0 Å². The molecular weight excluding hydrogens is 190 g/mol. The molecule has 0 radical (unpaired) electrons. The molecule has 1 aromatic rings. The van der Waals surface area contributed by atoms with E-state index in [0.717, 1.165) is 11.3 Å². The molecule has 0 unspecified atom stereocenters. The quantitative estimate of drug-likeness (QED) is 0.818. The SMILES string of the molecule is CN/C(=C\C1OC(C)O1)c1ccccc1. The maximum Gasteiger partial charge on any atom is 0.185 e. The Morgan fingerprint density at radius 2 is 1.93 bits per heavy atom. The van der Waals surface area contributed by atoms with Gasteiger partial charge in [0.05, 0.1) is 0 Å². The molecule has 0 aromatic heterocycles. The lowest BCUT2D eigenvalue weighted by Crippen LogP contribution is -2.37. The molecule has 0 bridgehead atoms. The van der Waals surface area contributed by atoms with Gasteiger partial charge in [-0.3, -0.25) is 0 Å². The van der Waals surface area contributed by atoms with E-state index < -0.39 is 0 Å². The summed E-state index contributed by atoms with van der Waals surface area (Å²) in [4.78, 5) is 0. The van der Waals surface area contributed by atoms with Crippen LogP contribution in [0.1, 0.15) is 12.5 Å². The van der Waals surface area contributed by atoms with Crippen LogP contribution >= 0.6 is 0 Å². The number of rotatable bonds is 3. The van der Waals surface area contributed by atoms with Gasteiger partial charge in [-0.05, 0) is 18.6 Å². The lowest BCUT2D eigenvalue weighted by atomic mass is 10.1. The second-order valence-corrected chi connectivity index (χ2v) is 3.40. The Morgan fingerprint density at radius 3 is 2.47 bits per heavy atom. The monoisotopic (exact) mass is 205 g/mol. The molecule has 80 valence electrons. The van der Waals surface area contributed by atoms with Crippen LogP contribution in [0.3, 0.4) is 0 Å². The van der Waals surface area contributed by atoms with Crippen LogP contribution in [0.15, 0.2) is 36.4 Å². The van der Waals surface area contributed by atoms with E-state index in [2.05, 4.69) is 5.32 Å². The van der Waals surface area contributed by atoms with E-state index in [1.165, 1.54) is 0 Å². The fourth-order valence-electron chi connectivity index (χ4n) is 1.54. The maximum atomic E-state index is 5.35. The van der Waals surface area contributed by atoms with E-state index >= 15 is 0 Å². The number of nitrogens with one attached hydrogen (secondary N) is 1. The molecule has 3 nitrogen and oxygen atoms in total. The Balaban J connectivity index is 2.10. The number of hydrogen-bond donors (Lipinski definition) is 1. The minimum atomic E-state index is -0.220. The summed E-state index contributed by atoms with van der Waals surface area (Å²) in [5, 5.41) is 3.13. The van der Waals surface area contributed by atoms with Crippen molar-refractivity contribution in [1.29, 1.82) is 0 Å².